The summed E-state index contributed by atoms with van der Waals surface area (Å²) >= 11 is 3.30. The summed E-state index contributed by atoms with van der Waals surface area (Å²) in [4.78, 5) is 9.00. The average molecular weight is 464 g/mol. The van der Waals surface area contributed by atoms with Crippen LogP contribution < -0.4 is 9.46 Å². The highest BCUT2D eigenvalue weighted by Crippen LogP contribution is 2.27. The zero-order chi connectivity index (χ0) is 19.6. The van der Waals surface area contributed by atoms with E-state index in [0.29, 0.717) is 24.2 Å². The standard InChI is InChI=1S/C19H18BrN3O4S/c20-13-7-9-15(10-8-13)28(24,25)23-18-19(27-12-14-4-3-11-26-14)22-17-6-2-1-5-16(17)21-18/h1-2,5-10,14H,3-4,11-12H2,(H,21,23). The minimum atomic E-state index is -3.84. The van der Waals surface area contributed by atoms with Gasteiger partial charge in [0.1, 0.15) is 6.61 Å². The Morgan fingerprint density at radius 2 is 1.82 bits per heavy atom. The second kappa shape index (κ2) is 8.02. The lowest BCUT2D eigenvalue weighted by Gasteiger charge is -2.15. The number of para-hydroxylation sites is 2. The second-order valence-corrected chi connectivity index (χ2v) is 8.97. The molecule has 2 heterocycles. The summed E-state index contributed by atoms with van der Waals surface area (Å²) < 4.78 is 40.2. The van der Waals surface area contributed by atoms with Crippen LogP contribution in [-0.2, 0) is 14.8 Å². The van der Waals surface area contributed by atoms with E-state index in [1.807, 2.05) is 12.1 Å². The summed E-state index contributed by atoms with van der Waals surface area (Å²) in [5, 5.41) is 0. The van der Waals surface area contributed by atoms with E-state index in [-0.39, 0.29) is 22.7 Å². The lowest BCUT2D eigenvalue weighted by molar-refractivity contribution is 0.0666. The largest absolute Gasteiger partial charge is 0.472 e. The number of ether oxygens (including phenoxy) is 2. The number of halogens is 1. The number of nitrogens with one attached hydrogen (secondary N) is 1. The van der Waals surface area contributed by atoms with Gasteiger partial charge in [-0.2, -0.15) is 0 Å². The first-order valence-corrected chi connectivity index (χ1v) is 11.1. The fourth-order valence-electron chi connectivity index (χ4n) is 2.90. The Bertz CT molecular complexity index is 1080. The molecule has 7 nitrogen and oxygen atoms in total. The van der Waals surface area contributed by atoms with Gasteiger partial charge in [-0.3, -0.25) is 4.72 Å². The van der Waals surface area contributed by atoms with E-state index in [1.165, 1.54) is 12.1 Å². The van der Waals surface area contributed by atoms with Crippen LogP contribution in [0.2, 0.25) is 0 Å². The Morgan fingerprint density at radius 1 is 1.11 bits per heavy atom. The first-order chi connectivity index (χ1) is 13.5. The molecule has 0 amide bonds. The van der Waals surface area contributed by atoms with Gasteiger partial charge in [-0.1, -0.05) is 28.1 Å². The summed E-state index contributed by atoms with van der Waals surface area (Å²) in [6.07, 6.45) is 1.87. The van der Waals surface area contributed by atoms with E-state index >= 15 is 0 Å². The van der Waals surface area contributed by atoms with E-state index in [2.05, 4.69) is 30.6 Å². The molecule has 0 spiro atoms. The molecule has 1 aromatic heterocycles. The van der Waals surface area contributed by atoms with Gasteiger partial charge in [0.15, 0.2) is 0 Å². The molecule has 0 radical (unpaired) electrons. The van der Waals surface area contributed by atoms with Crippen LogP contribution in [0, 0.1) is 0 Å². The van der Waals surface area contributed by atoms with Crippen molar-refractivity contribution in [3.63, 3.8) is 0 Å². The first-order valence-electron chi connectivity index (χ1n) is 8.81. The highest BCUT2D eigenvalue weighted by Gasteiger charge is 2.22. The molecule has 0 saturated carbocycles. The van der Waals surface area contributed by atoms with Crippen molar-refractivity contribution in [2.75, 3.05) is 17.9 Å². The molecule has 9 heteroatoms. The fraction of sp³-hybridized carbons (Fsp3) is 0.263. The maximum Gasteiger partial charge on any atom is 0.263 e. The van der Waals surface area contributed by atoms with Gasteiger partial charge in [0.2, 0.25) is 5.82 Å². The third-order valence-electron chi connectivity index (χ3n) is 4.32. The van der Waals surface area contributed by atoms with Crippen LogP contribution in [0.25, 0.3) is 11.0 Å². The van der Waals surface area contributed by atoms with Gasteiger partial charge in [-0.15, -0.1) is 0 Å². The first kappa shape index (κ1) is 19.1. The van der Waals surface area contributed by atoms with E-state index in [1.54, 1.807) is 24.3 Å². The molecule has 0 bridgehead atoms. The highest BCUT2D eigenvalue weighted by atomic mass is 79.9. The number of anilines is 1. The van der Waals surface area contributed by atoms with Crippen LogP contribution in [0.15, 0.2) is 57.9 Å². The van der Waals surface area contributed by atoms with E-state index in [9.17, 15) is 8.42 Å². The van der Waals surface area contributed by atoms with Crippen molar-refractivity contribution in [2.45, 2.75) is 23.8 Å². The van der Waals surface area contributed by atoms with Crippen LogP contribution >= 0.6 is 15.9 Å². The summed E-state index contributed by atoms with van der Waals surface area (Å²) in [7, 11) is -3.84. The minimum Gasteiger partial charge on any atom is -0.472 e. The molecule has 1 N–H and O–H groups in total. The molecule has 1 aliphatic heterocycles. The van der Waals surface area contributed by atoms with Gasteiger partial charge in [-0.05, 0) is 49.2 Å². The molecule has 146 valence electrons. The van der Waals surface area contributed by atoms with Crippen LogP contribution in [0.3, 0.4) is 0 Å². The Balaban J connectivity index is 1.67. The Kier molecular flexibility index (Phi) is 5.47. The van der Waals surface area contributed by atoms with Crippen molar-refractivity contribution in [3.8, 4) is 5.88 Å². The second-order valence-electron chi connectivity index (χ2n) is 6.37. The topological polar surface area (TPSA) is 90.4 Å². The number of sulfonamides is 1. The number of hydrogen-bond donors (Lipinski definition) is 1. The van der Waals surface area contributed by atoms with Crippen LogP contribution in [0.4, 0.5) is 5.82 Å². The number of rotatable bonds is 6. The molecule has 28 heavy (non-hydrogen) atoms. The Morgan fingerprint density at radius 3 is 2.50 bits per heavy atom. The molecule has 1 fully saturated rings. The van der Waals surface area contributed by atoms with Crippen molar-refractivity contribution in [3.05, 3.63) is 53.0 Å². The van der Waals surface area contributed by atoms with E-state index < -0.39 is 10.0 Å². The summed E-state index contributed by atoms with van der Waals surface area (Å²) in [5.41, 5.74) is 1.19. The lowest BCUT2D eigenvalue weighted by atomic mass is 10.2. The fourth-order valence-corrected chi connectivity index (χ4v) is 4.16. The average Bonchev–Trinajstić information content (AvgIpc) is 3.20. The van der Waals surface area contributed by atoms with E-state index in [0.717, 1.165) is 17.3 Å². The third-order valence-corrected chi connectivity index (χ3v) is 6.21. The van der Waals surface area contributed by atoms with Gasteiger partial charge in [0.25, 0.3) is 15.9 Å². The predicted molar refractivity (Wildman–Crippen MR) is 109 cm³/mol. The van der Waals surface area contributed by atoms with Crippen LogP contribution in [-0.4, -0.2) is 37.7 Å². The van der Waals surface area contributed by atoms with Crippen LogP contribution in [0.1, 0.15) is 12.8 Å². The summed E-state index contributed by atoms with van der Waals surface area (Å²) in [5.74, 6) is 0.189. The number of aromatic nitrogens is 2. The number of fused-ring (bicyclic) bond motifs is 1. The molecule has 1 atom stereocenters. The monoisotopic (exact) mass is 463 g/mol. The number of nitrogens with zero attached hydrogens (tertiary/aromatic N) is 2. The molecule has 2 aromatic carbocycles. The normalized spacial score (nSPS) is 17.0. The van der Waals surface area contributed by atoms with E-state index in [4.69, 9.17) is 9.47 Å². The van der Waals surface area contributed by atoms with Crippen molar-refractivity contribution in [1.29, 1.82) is 0 Å². The predicted octanol–water partition coefficient (Wildman–Crippen LogP) is 3.75. The Labute approximate surface area is 171 Å². The molecule has 1 saturated heterocycles. The van der Waals surface area contributed by atoms with Gasteiger partial charge in [-0.25, -0.2) is 18.4 Å². The van der Waals surface area contributed by atoms with Crippen LogP contribution in [0.5, 0.6) is 5.88 Å². The molecule has 1 unspecified atom stereocenters. The molecular weight excluding hydrogens is 446 g/mol. The quantitative estimate of drug-likeness (QED) is 0.598. The maximum absolute atomic E-state index is 12.8. The highest BCUT2D eigenvalue weighted by molar-refractivity contribution is 9.10. The zero-order valence-corrected chi connectivity index (χ0v) is 17.2. The summed E-state index contributed by atoms with van der Waals surface area (Å²) in [6.45, 7) is 1.00. The lowest BCUT2D eigenvalue weighted by Crippen LogP contribution is -2.19. The SMILES string of the molecule is O=S(=O)(Nc1nc2ccccc2nc1OCC1CCCO1)c1ccc(Br)cc1. The van der Waals surface area contributed by atoms with Crippen molar-refractivity contribution in [1.82, 2.24) is 9.97 Å². The van der Waals surface area contributed by atoms with Crippen molar-refractivity contribution < 1.29 is 17.9 Å². The van der Waals surface area contributed by atoms with Gasteiger partial charge < -0.3 is 9.47 Å². The zero-order valence-electron chi connectivity index (χ0n) is 14.8. The third kappa shape index (κ3) is 4.26. The molecule has 1 aliphatic rings. The molecule has 4 rings (SSSR count). The number of benzene rings is 2. The van der Waals surface area contributed by atoms with Gasteiger partial charge in [0.05, 0.1) is 22.0 Å². The minimum absolute atomic E-state index is 0.0239. The maximum atomic E-state index is 12.8. The van der Waals surface area contributed by atoms with Gasteiger partial charge in [0, 0.05) is 11.1 Å². The smallest absolute Gasteiger partial charge is 0.263 e. The van der Waals surface area contributed by atoms with Gasteiger partial charge >= 0.3 is 0 Å². The van der Waals surface area contributed by atoms with Crippen molar-refractivity contribution in [2.24, 2.45) is 0 Å². The summed E-state index contributed by atoms with van der Waals surface area (Å²) in [6, 6.07) is 13.6. The molecule has 3 aromatic rings. The molecular formula is C19H18BrN3O4S. The molecule has 0 aliphatic carbocycles. The Hall–Kier alpha value is -2.23. The van der Waals surface area contributed by atoms with Crippen molar-refractivity contribution >= 4 is 42.8 Å². The number of hydrogen-bond acceptors (Lipinski definition) is 6.